The summed E-state index contributed by atoms with van der Waals surface area (Å²) < 4.78 is 32.8. The Labute approximate surface area is 125 Å². The summed E-state index contributed by atoms with van der Waals surface area (Å²) in [6, 6.07) is 4.00. The molecule has 0 saturated heterocycles. The lowest BCUT2D eigenvalue weighted by Gasteiger charge is -2.23. The molecule has 3 N–H and O–H groups in total. The van der Waals surface area contributed by atoms with Crippen LogP contribution in [-0.2, 0) is 10.0 Å². The first-order chi connectivity index (χ1) is 9.94. The maximum Gasteiger partial charge on any atom is 0.488 e. The van der Waals surface area contributed by atoms with Gasteiger partial charge in [0.05, 0.1) is 7.11 Å². The van der Waals surface area contributed by atoms with Crippen molar-refractivity contribution in [2.75, 3.05) is 7.11 Å². The lowest BCUT2D eigenvalue weighted by atomic mass is 9.80. The Kier molecular flexibility index (Phi) is 5.26. The van der Waals surface area contributed by atoms with Crippen molar-refractivity contribution in [2.24, 2.45) is 0 Å². The molecule has 2 rings (SSSR count). The maximum absolute atomic E-state index is 12.5. The van der Waals surface area contributed by atoms with Gasteiger partial charge >= 0.3 is 7.12 Å². The predicted molar refractivity (Wildman–Crippen MR) is 80.0 cm³/mol. The molecule has 1 aliphatic rings. The topological polar surface area (TPSA) is 95.9 Å². The van der Waals surface area contributed by atoms with E-state index in [9.17, 15) is 18.5 Å². The van der Waals surface area contributed by atoms with Gasteiger partial charge in [-0.05, 0) is 30.4 Å². The number of methoxy groups -OCH3 is 1. The largest absolute Gasteiger partial charge is 0.495 e. The first-order valence-corrected chi connectivity index (χ1v) is 8.49. The molecule has 1 fully saturated rings. The van der Waals surface area contributed by atoms with Crippen LogP contribution in [0.1, 0.15) is 32.1 Å². The number of benzene rings is 1. The fraction of sp³-hybridized carbons (Fsp3) is 0.538. The Hall–Kier alpha value is -1.09. The minimum absolute atomic E-state index is 0.0684. The summed E-state index contributed by atoms with van der Waals surface area (Å²) >= 11 is 0. The molecule has 0 aromatic heterocycles. The molecule has 0 heterocycles. The summed E-state index contributed by atoms with van der Waals surface area (Å²) in [5.41, 5.74) is 0.111. The number of hydrogen-bond acceptors (Lipinski definition) is 5. The molecule has 1 saturated carbocycles. The average molecular weight is 313 g/mol. The van der Waals surface area contributed by atoms with Crippen molar-refractivity contribution < 1.29 is 23.2 Å². The van der Waals surface area contributed by atoms with Gasteiger partial charge < -0.3 is 14.8 Å². The normalized spacial score (nSPS) is 16.7. The first kappa shape index (κ1) is 16.3. The molecule has 8 heteroatoms. The third-order valence-corrected chi connectivity index (χ3v) is 5.24. The van der Waals surface area contributed by atoms with Gasteiger partial charge in [-0.2, -0.15) is 0 Å². The van der Waals surface area contributed by atoms with E-state index in [1.165, 1.54) is 25.3 Å². The maximum atomic E-state index is 12.5. The molecular formula is C13H20BNO5S. The Morgan fingerprint density at radius 1 is 1.24 bits per heavy atom. The fourth-order valence-corrected chi connectivity index (χ4v) is 4.08. The van der Waals surface area contributed by atoms with E-state index in [4.69, 9.17) is 4.74 Å². The molecule has 1 aromatic rings. The van der Waals surface area contributed by atoms with E-state index in [1.54, 1.807) is 0 Å². The quantitative estimate of drug-likeness (QED) is 0.664. The van der Waals surface area contributed by atoms with Gasteiger partial charge in [-0.15, -0.1) is 0 Å². The summed E-state index contributed by atoms with van der Waals surface area (Å²) in [6.07, 6.45) is 4.81. The summed E-state index contributed by atoms with van der Waals surface area (Å²) in [4.78, 5) is -0.0684. The molecule has 1 aliphatic carbocycles. The van der Waals surface area contributed by atoms with Crippen molar-refractivity contribution in [3.8, 4) is 5.75 Å². The van der Waals surface area contributed by atoms with Crippen LogP contribution in [0.5, 0.6) is 5.75 Å². The third-order valence-electron chi connectivity index (χ3n) is 3.70. The van der Waals surface area contributed by atoms with Crippen LogP contribution >= 0.6 is 0 Å². The van der Waals surface area contributed by atoms with Gasteiger partial charge in [0, 0.05) is 6.04 Å². The molecular weight excluding hydrogens is 293 g/mol. The average Bonchev–Trinajstić information content (AvgIpc) is 2.47. The number of ether oxygens (including phenoxy) is 1. The van der Waals surface area contributed by atoms with Gasteiger partial charge in [0.15, 0.2) is 0 Å². The molecule has 1 aromatic carbocycles. The fourth-order valence-electron chi connectivity index (χ4n) is 2.57. The number of nitrogens with one attached hydrogen (secondary N) is 1. The highest BCUT2D eigenvalue weighted by Gasteiger charge is 2.26. The Balaban J connectivity index is 2.30. The monoisotopic (exact) mass is 313 g/mol. The van der Waals surface area contributed by atoms with Crippen LogP contribution in [0.3, 0.4) is 0 Å². The zero-order chi connectivity index (χ0) is 15.5. The summed E-state index contributed by atoms with van der Waals surface area (Å²) in [7, 11) is -4.10. The summed E-state index contributed by atoms with van der Waals surface area (Å²) in [5.74, 6) is 0.183. The van der Waals surface area contributed by atoms with Crippen molar-refractivity contribution in [3.63, 3.8) is 0 Å². The van der Waals surface area contributed by atoms with E-state index in [1.807, 2.05) is 0 Å². The summed E-state index contributed by atoms with van der Waals surface area (Å²) in [5, 5.41) is 18.4. The lowest BCUT2D eigenvalue weighted by molar-refractivity contribution is 0.396. The highest BCUT2D eigenvalue weighted by atomic mass is 32.2. The summed E-state index contributed by atoms with van der Waals surface area (Å²) in [6.45, 7) is 0. The van der Waals surface area contributed by atoms with E-state index >= 15 is 0 Å². The van der Waals surface area contributed by atoms with Crippen LogP contribution in [0.15, 0.2) is 23.1 Å². The number of sulfonamides is 1. The predicted octanol–water partition coefficient (Wildman–Crippen LogP) is -0.0140. The van der Waals surface area contributed by atoms with Crippen molar-refractivity contribution in [1.82, 2.24) is 4.72 Å². The SMILES string of the molecule is COc1ccc(B(O)O)cc1S(=O)(=O)NC1CCCCC1. The second-order valence-electron chi connectivity index (χ2n) is 5.24. The van der Waals surface area contributed by atoms with Crippen LogP contribution in [0.25, 0.3) is 0 Å². The highest BCUT2D eigenvalue weighted by molar-refractivity contribution is 7.89. The minimum atomic E-state index is -3.76. The zero-order valence-electron chi connectivity index (χ0n) is 11.9. The van der Waals surface area contributed by atoms with Crippen LogP contribution in [-0.4, -0.2) is 38.7 Å². The van der Waals surface area contributed by atoms with Gasteiger partial charge in [0.2, 0.25) is 10.0 Å². The number of rotatable bonds is 5. The second kappa shape index (κ2) is 6.78. The van der Waals surface area contributed by atoms with E-state index in [0.29, 0.717) is 0 Å². The zero-order valence-corrected chi connectivity index (χ0v) is 12.8. The smallest absolute Gasteiger partial charge is 0.488 e. The Bertz CT molecular complexity index is 584. The van der Waals surface area contributed by atoms with E-state index in [0.717, 1.165) is 32.1 Å². The van der Waals surface area contributed by atoms with E-state index in [-0.39, 0.29) is 22.1 Å². The van der Waals surface area contributed by atoms with Gasteiger partial charge in [0.1, 0.15) is 10.6 Å². The van der Waals surface area contributed by atoms with Gasteiger partial charge in [0.25, 0.3) is 0 Å². The molecule has 0 spiro atoms. The van der Waals surface area contributed by atoms with Crippen molar-refractivity contribution in [3.05, 3.63) is 18.2 Å². The van der Waals surface area contributed by atoms with Crippen LogP contribution < -0.4 is 14.9 Å². The van der Waals surface area contributed by atoms with Gasteiger partial charge in [-0.1, -0.05) is 25.3 Å². The van der Waals surface area contributed by atoms with Crippen LogP contribution in [0.4, 0.5) is 0 Å². The molecule has 21 heavy (non-hydrogen) atoms. The van der Waals surface area contributed by atoms with Gasteiger partial charge in [-0.3, -0.25) is 0 Å². The second-order valence-corrected chi connectivity index (χ2v) is 6.92. The molecule has 6 nitrogen and oxygen atoms in total. The van der Waals surface area contributed by atoms with Crippen LogP contribution in [0.2, 0.25) is 0 Å². The van der Waals surface area contributed by atoms with Crippen molar-refractivity contribution in [1.29, 1.82) is 0 Å². The van der Waals surface area contributed by atoms with E-state index in [2.05, 4.69) is 4.72 Å². The Morgan fingerprint density at radius 2 is 1.90 bits per heavy atom. The first-order valence-electron chi connectivity index (χ1n) is 7.00. The lowest BCUT2D eigenvalue weighted by Crippen LogP contribution is -2.37. The Morgan fingerprint density at radius 3 is 2.48 bits per heavy atom. The third kappa shape index (κ3) is 3.97. The number of hydrogen-bond donors (Lipinski definition) is 3. The molecule has 0 atom stereocenters. The molecule has 0 aliphatic heterocycles. The molecule has 0 amide bonds. The highest BCUT2D eigenvalue weighted by Crippen LogP contribution is 2.25. The van der Waals surface area contributed by atoms with E-state index < -0.39 is 17.1 Å². The molecule has 116 valence electrons. The molecule has 0 bridgehead atoms. The molecule has 0 unspecified atom stereocenters. The standard InChI is InChI=1S/C13H20BNO5S/c1-20-12-8-7-10(14(16)17)9-13(12)21(18,19)15-11-5-3-2-4-6-11/h7-9,11,15-17H,2-6H2,1H3. The van der Waals surface area contributed by atoms with Crippen LogP contribution in [0, 0.1) is 0 Å². The minimum Gasteiger partial charge on any atom is -0.495 e. The van der Waals surface area contributed by atoms with Crippen molar-refractivity contribution >= 4 is 22.6 Å². The van der Waals surface area contributed by atoms with Gasteiger partial charge in [-0.25, -0.2) is 13.1 Å². The van der Waals surface area contributed by atoms with Crippen molar-refractivity contribution in [2.45, 2.75) is 43.0 Å². The molecule has 0 radical (unpaired) electrons.